The average molecular weight is 266 g/mol. The van der Waals surface area contributed by atoms with Gasteiger partial charge in [0.25, 0.3) is 0 Å². The minimum Gasteiger partial charge on any atom is -0.324 e. The van der Waals surface area contributed by atoms with E-state index in [0.29, 0.717) is 6.07 Å². The quantitative estimate of drug-likeness (QED) is 0.789. The minimum absolute atomic E-state index is 0.0225. The smallest absolute Gasteiger partial charge is 0.161 e. The number of fused-ring (bicyclic) bond motifs is 1. The summed E-state index contributed by atoms with van der Waals surface area (Å²) in [4.78, 5) is 0. The molecular formula is C14H13F3N2. The van der Waals surface area contributed by atoms with Gasteiger partial charge in [0.05, 0.1) is 5.69 Å². The molecule has 1 aromatic carbocycles. The molecule has 2 nitrogen and oxygen atoms in total. The number of benzene rings is 1. The maximum Gasteiger partial charge on any atom is 0.161 e. The van der Waals surface area contributed by atoms with Crippen LogP contribution in [0.5, 0.6) is 0 Å². The summed E-state index contributed by atoms with van der Waals surface area (Å²) in [5.74, 6) is -3.02. The third-order valence-corrected chi connectivity index (χ3v) is 3.60. The topological polar surface area (TPSA) is 30.9 Å². The monoisotopic (exact) mass is 266 g/mol. The highest BCUT2D eigenvalue weighted by molar-refractivity contribution is 5.41. The Morgan fingerprint density at radius 1 is 1.11 bits per heavy atom. The SMILES string of the molecule is NC1CCCc2c1ccn2-c1cc(F)c(F)cc1F. The summed E-state index contributed by atoms with van der Waals surface area (Å²) >= 11 is 0. The van der Waals surface area contributed by atoms with E-state index in [1.54, 1.807) is 10.8 Å². The van der Waals surface area contributed by atoms with Gasteiger partial charge in [0.2, 0.25) is 0 Å². The second kappa shape index (κ2) is 4.42. The van der Waals surface area contributed by atoms with Crippen LogP contribution in [0.1, 0.15) is 30.1 Å². The fourth-order valence-corrected chi connectivity index (χ4v) is 2.65. The molecule has 3 rings (SSSR count). The first-order valence-corrected chi connectivity index (χ1v) is 6.18. The van der Waals surface area contributed by atoms with E-state index >= 15 is 0 Å². The Bertz CT molecular complexity index is 634. The van der Waals surface area contributed by atoms with Crippen molar-refractivity contribution in [1.82, 2.24) is 4.57 Å². The molecule has 0 saturated carbocycles. The van der Waals surface area contributed by atoms with Gasteiger partial charge in [-0.3, -0.25) is 0 Å². The molecule has 2 N–H and O–H groups in total. The molecule has 5 heteroatoms. The lowest BCUT2D eigenvalue weighted by Gasteiger charge is -2.21. The standard InChI is InChI=1S/C14H13F3N2/c15-9-6-11(17)14(7-10(9)16)19-5-4-8-12(18)2-1-3-13(8)19/h4-7,12H,1-3,18H2. The minimum atomic E-state index is -1.18. The van der Waals surface area contributed by atoms with E-state index in [2.05, 4.69) is 0 Å². The molecule has 2 aromatic rings. The summed E-state index contributed by atoms with van der Waals surface area (Å²) in [7, 11) is 0. The van der Waals surface area contributed by atoms with E-state index in [1.807, 2.05) is 6.07 Å². The van der Waals surface area contributed by atoms with Crippen LogP contribution < -0.4 is 5.73 Å². The van der Waals surface area contributed by atoms with Crippen molar-refractivity contribution in [3.8, 4) is 5.69 Å². The molecule has 0 radical (unpaired) electrons. The van der Waals surface area contributed by atoms with Crippen LogP contribution in [0.15, 0.2) is 24.4 Å². The van der Waals surface area contributed by atoms with Gasteiger partial charge in [-0.05, 0) is 30.9 Å². The number of halogens is 3. The maximum absolute atomic E-state index is 13.8. The Labute approximate surface area is 108 Å². The third-order valence-electron chi connectivity index (χ3n) is 3.60. The summed E-state index contributed by atoms with van der Waals surface area (Å²) in [6.07, 6.45) is 4.21. The van der Waals surface area contributed by atoms with Gasteiger partial charge in [0.1, 0.15) is 5.82 Å². The molecule has 1 atom stereocenters. The Balaban J connectivity index is 2.16. The molecule has 19 heavy (non-hydrogen) atoms. The highest BCUT2D eigenvalue weighted by atomic mass is 19.2. The summed E-state index contributed by atoms with van der Waals surface area (Å²) < 4.78 is 41.6. The van der Waals surface area contributed by atoms with Gasteiger partial charge < -0.3 is 10.3 Å². The van der Waals surface area contributed by atoms with Crippen LogP contribution in [0.2, 0.25) is 0 Å². The zero-order valence-corrected chi connectivity index (χ0v) is 10.2. The molecule has 100 valence electrons. The average Bonchev–Trinajstić information content (AvgIpc) is 2.79. The highest BCUT2D eigenvalue weighted by Gasteiger charge is 2.22. The van der Waals surface area contributed by atoms with E-state index in [1.165, 1.54) is 0 Å². The molecule has 0 amide bonds. The lowest BCUT2D eigenvalue weighted by atomic mass is 9.93. The predicted octanol–water partition coefficient (Wildman–Crippen LogP) is 3.23. The maximum atomic E-state index is 13.8. The van der Waals surface area contributed by atoms with Crippen molar-refractivity contribution < 1.29 is 13.2 Å². The molecule has 1 aliphatic rings. The molecule has 0 fully saturated rings. The third kappa shape index (κ3) is 1.94. The fraction of sp³-hybridized carbons (Fsp3) is 0.286. The number of nitrogens with two attached hydrogens (primary N) is 1. The lowest BCUT2D eigenvalue weighted by Crippen LogP contribution is -2.18. The summed E-state index contributed by atoms with van der Waals surface area (Å²) in [6.45, 7) is 0. The van der Waals surface area contributed by atoms with E-state index < -0.39 is 17.5 Å². The van der Waals surface area contributed by atoms with E-state index in [-0.39, 0.29) is 11.7 Å². The molecule has 0 spiro atoms. The summed E-state index contributed by atoms with van der Waals surface area (Å²) in [5.41, 5.74) is 7.84. The summed E-state index contributed by atoms with van der Waals surface area (Å²) in [5, 5.41) is 0. The van der Waals surface area contributed by atoms with Crippen molar-refractivity contribution in [3.05, 3.63) is 53.1 Å². The number of aromatic nitrogens is 1. The molecule has 1 heterocycles. The van der Waals surface area contributed by atoms with Crippen LogP contribution in [-0.4, -0.2) is 4.57 Å². The molecule has 0 bridgehead atoms. The van der Waals surface area contributed by atoms with E-state index in [4.69, 9.17) is 5.73 Å². The van der Waals surface area contributed by atoms with Crippen LogP contribution in [0, 0.1) is 17.5 Å². The highest BCUT2D eigenvalue weighted by Crippen LogP contribution is 2.31. The molecule has 0 aliphatic heterocycles. The normalized spacial score (nSPS) is 18.4. The Morgan fingerprint density at radius 2 is 1.84 bits per heavy atom. The van der Waals surface area contributed by atoms with Crippen LogP contribution in [0.3, 0.4) is 0 Å². The van der Waals surface area contributed by atoms with Gasteiger partial charge in [0.15, 0.2) is 11.6 Å². The molecule has 0 saturated heterocycles. The Hall–Kier alpha value is -1.75. The van der Waals surface area contributed by atoms with Gasteiger partial charge in [-0.2, -0.15) is 0 Å². The van der Waals surface area contributed by atoms with E-state index in [0.717, 1.165) is 36.6 Å². The second-order valence-corrected chi connectivity index (χ2v) is 4.80. The lowest BCUT2D eigenvalue weighted by molar-refractivity contribution is 0.491. The van der Waals surface area contributed by atoms with Crippen LogP contribution in [-0.2, 0) is 6.42 Å². The van der Waals surface area contributed by atoms with Gasteiger partial charge >= 0.3 is 0 Å². The van der Waals surface area contributed by atoms with Crippen LogP contribution >= 0.6 is 0 Å². The second-order valence-electron chi connectivity index (χ2n) is 4.80. The van der Waals surface area contributed by atoms with Gasteiger partial charge in [-0.15, -0.1) is 0 Å². The molecule has 1 unspecified atom stereocenters. The first kappa shape index (κ1) is 12.3. The van der Waals surface area contributed by atoms with Crippen molar-refractivity contribution in [3.63, 3.8) is 0 Å². The Morgan fingerprint density at radius 3 is 2.63 bits per heavy atom. The predicted molar refractivity (Wildman–Crippen MR) is 65.5 cm³/mol. The zero-order valence-electron chi connectivity index (χ0n) is 10.2. The zero-order chi connectivity index (χ0) is 13.6. The van der Waals surface area contributed by atoms with Crippen molar-refractivity contribution in [2.24, 2.45) is 5.73 Å². The van der Waals surface area contributed by atoms with Crippen molar-refractivity contribution >= 4 is 0 Å². The molecular weight excluding hydrogens is 253 g/mol. The van der Waals surface area contributed by atoms with Gasteiger partial charge in [-0.25, -0.2) is 13.2 Å². The van der Waals surface area contributed by atoms with Crippen molar-refractivity contribution in [2.45, 2.75) is 25.3 Å². The van der Waals surface area contributed by atoms with E-state index in [9.17, 15) is 13.2 Å². The number of nitrogens with zero attached hydrogens (tertiary/aromatic N) is 1. The number of hydrogen-bond donors (Lipinski definition) is 1. The Kier molecular flexibility index (Phi) is 2.86. The van der Waals surface area contributed by atoms with Crippen molar-refractivity contribution in [1.29, 1.82) is 0 Å². The molecule has 1 aromatic heterocycles. The van der Waals surface area contributed by atoms with Crippen LogP contribution in [0.25, 0.3) is 5.69 Å². The van der Waals surface area contributed by atoms with Gasteiger partial charge in [-0.1, -0.05) is 0 Å². The first-order chi connectivity index (χ1) is 9.08. The largest absolute Gasteiger partial charge is 0.324 e. The van der Waals surface area contributed by atoms with Crippen molar-refractivity contribution in [2.75, 3.05) is 0 Å². The number of rotatable bonds is 1. The molecule has 1 aliphatic carbocycles. The first-order valence-electron chi connectivity index (χ1n) is 6.18. The number of hydrogen-bond acceptors (Lipinski definition) is 1. The van der Waals surface area contributed by atoms with Crippen LogP contribution in [0.4, 0.5) is 13.2 Å². The van der Waals surface area contributed by atoms with Gasteiger partial charge in [0, 0.05) is 30.1 Å². The summed E-state index contributed by atoms with van der Waals surface area (Å²) in [6, 6.07) is 3.20. The fourth-order valence-electron chi connectivity index (χ4n) is 2.65.